The van der Waals surface area contributed by atoms with Gasteiger partial charge < -0.3 is 4.74 Å². The second-order valence-electron chi connectivity index (χ2n) is 4.52. The van der Waals surface area contributed by atoms with Gasteiger partial charge in [-0.25, -0.2) is 19.4 Å². The SMILES string of the molecule is COC(=O)Nn1c(C(C)=O)c(C)n(-c2ccc(F)cc2)c1=O. The summed E-state index contributed by atoms with van der Waals surface area (Å²) in [7, 11) is 1.14. The molecular weight excluding hydrogens is 293 g/mol. The Morgan fingerprint density at radius 3 is 2.32 bits per heavy atom. The number of halogens is 1. The van der Waals surface area contributed by atoms with Gasteiger partial charge in [-0.05, 0) is 31.2 Å². The number of ketones is 1. The van der Waals surface area contributed by atoms with Crippen molar-refractivity contribution < 1.29 is 18.7 Å². The van der Waals surface area contributed by atoms with Gasteiger partial charge in [-0.15, -0.1) is 0 Å². The third kappa shape index (κ3) is 2.62. The quantitative estimate of drug-likeness (QED) is 0.873. The first-order valence-electron chi connectivity index (χ1n) is 6.33. The van der Waals surface area contributed by atoms with Crippen molar-refractivity contribution in [3.63, 3.8) is 0 Å². The summed E-state index contributed by atoms with van der Waals surface area (Å²) in [4.78, 5) is 35.6. The van der Waals surface area contributed by atoms with Crippen molar-refractivity contribution in [3.05, 3.63) is 52.0 Å². The number of hydrogen-bond acceptors (Lipinski definition) is 4. The lowest BCUT2D eigenvalue weighted by Crippen LogP contribution is -2.35. The fourth-order valence-electron chi connectivity index (χ4n) is 2.15. The Morgan fingerprint density at radius 2 is 1.82 bits per heavy atom. The molecule has 1 N–H and O–H groups in total. The molecule has 0 saturated carbocycles. The minimum atomic E-state index is -0.888. The number of carbonyl (C=O) groups is 2. The molecule has 22 heavy (non-hydrogen) atoms. The van der Waals surface area contributed by atoms with Crippen LogP contribution in [0.4, 0.5) is 9.18 Å². The zero-order chi connectivity index (χ0) is 16.4. The van der Waals surface area contributed by atoms with Crippen LogP contribution in [0.25, 0.3) is 5.69 Å². The van der Waals surface area contributed by atoms with Crippen molar-refractivity contribution in [1.82, 2.24) is 9.24 Å². The largest absolute Gasteiger partial charge is 0.452 e. The summed E-state index contributed by atoms with van der Waals surface area (Å²) in [6.07, 6.45) is -0.888. The first-order valence-corrected chi connectivity index (χ1v) is 6.33. The van der Waals surface area contributed by atoms with Crippen molar-refractivity contribution in [2.75, 3.05) is 12.5 Å². The lowest BCUT2D eigenvalue weighted by Gasteiger charge is -2.05. The first kappa shape index (κ1) is 15.5. The Hall–Kier alpha value is -2.90. The highest BCUT2D eigenvalue weighted by atomic mass is 19.1. The summed E-state index contributed by atoms with van der Waals surface area (Å²) in [5, 5.41) is 0. The first-order chi connectivity index (χ1) is 10.4. The number of carbonyl (C=O) groups excluding carboxylic acids is 2. The van der Waals surface area contributed by atoms with Crippen LogP contribution in [-0.4, -0.2) is 28.2 Å². The van der Waals surface area contributed by atoms with Crippen LogP contribution in [0, 0.1) is 12.7 Å². The molecule has 0 aliphatic rings. The predicted octanol–water partition coefficient (Wildman–Crippen LogP) is 1.60. The van der Waals surface area contributed by atoms with Gasteiger partial charge in [0, 0.05) is 6.92 Å². The number of methoxy groups -OCH3 is 1. The number of hydrogen-bond donors (Lipinski definition) is 1. The van der Waals surface area contributed by atoms with Gasteiger partial charge in [-0.2, -0.15) is 4.68 Å². The molecule has 1 aromatic carbocycles. The molecule has 1 aromatic heterocycles. The number of ether oxygens (including phenoxy) is 1. The number of Topliss-reactive ketones (excluding diaryl/α,β-unsaturated/α-hetero) is 1. The van der Waals surface area contributed by atoms with Crippen LogP contribution in [0.3, 0.4) is 0 Å². The molecule has 0 radical (unpaired) electrons. The number of benzene rings is 1. The zero-order valence-corrected chi connectivity index (χ0v) is 12.2. The van der Waals surface area contributed by atoms with Crippen molar-refractivity contribution >= 4 is 11.9 Å². The Balaban J connectivity index is 2.68. The predicted molar refractivity (Wildman–Crippen MR) is 76.5 cm³/mol. The van der Waals surface area contributed by atoms with E-state index >= 15 is 0 Å². The Labute approximate surface area is 124 Å². The average molecular weight is 307 g/mol. The van der Waals surface area contributed by atoms with Crippen molar-refractivity contribution in [2.45, 2.75) is 13.8 Å². The van der Waals surface area contributed by atoms with Gasteiger partial charge in [0.1, 0.15) is 11.5 Å². The minimum Gasteiger partial charge on any atom is -0.452 e. The highest BCUT2D eigenvalue weighted by molar-refractivity contribution is 5.94. The van der Waals surface area contributed by atoms with E-state index in [1.807, 2.05) is 0 Å². The second kappa shape index (κ2) is 5.84. The van der Waals surface area contributed by atoms with Gasteiger partial charge >= 0.3 is 11.8 Å². The topological polar surface area (TPSA) is 82.3 Å². The fourth-order valence-corrected chi connectivity index (χ4v) is 2.15. The minimum absolute atomic E-state index is 0.0136. The van der Waals surface area contributed by atoms with E-state index in [-0.39, 0.29) is 5.69 Å². The van der Waals surface area contributed by atoms with Crippen LogP contribution in [0.5, 0.6) is 0 Å². The molecule has 7 nitrogen and oxygen atoms in total. The maximum Gasteiger partial charge on any atom is 0.426 e. The molecule has 1 heterocycles. The van der Waals surface area contributed by atoms with Crippen LogP contribution in [0.2, 0.25) is 0 Å². The van der Waals surface area contributed by atoms with Crippen molar-refractivity contribution in [2.24, 2.45) is 0 Å². The molecule has 0 saturated heterocycles. The van der Waals surface area contributed by atoms with Gasteiger partial charge in [0.05, 0.1) is 18.5 Å². The summed E-state index contributed by atoms with van der Waals surface area (Å²) in [5.74, 6) is -0.861. The molecule has 0 bridgehead atoms. The zero-order valence-electron chi connectivity index (χ0n) is 12.2. The molecule has 0 aliphatic carbocycles. The maximum atomic E-state index is 13.0. The molecular formula is C14H14FN3O4. The molecule has 0 atom stereocenters. The number of rotatable bonds is 3. The highest BCUT2D eigenvalue weighted by Crippen LogP contribution is 2.14. The van der Waals surface area contributed by atoms with E-state index < -0.39 is 23.4 Å². The molecule has 2 aromatic rings. The van der Waals surface area contributed by atoms with Crippen LogP contribution in [-0.2, 0) is 4.74 Å². The lowest BCUT2D eigenvalue weighted by molar-refractivity contribution is 0.100. The summed E-state index contributed by atoms with van der Waals surface area (Å²) in [6.45, 7) is 2.82. The highest BCUT2D eigenvalue weighted by Gasteiger charge is 2.22. The van der Waals surface area contributed by atoms with Crippen LogP contribution in [0.1, 0.15) is 23.1 Å². The van der Waals surface area contributed by atoms with E-state index in [9.17, 15) is 18.8 Å². The molecule has 1 amide bonds. The summed E-state index contributed by atoms with van der Waals surface area (Å²) in [5.41, 5.74) is 2.22. The van der Waals surface area contributed by atoms with Gasteiger partial charge in [0.25, 0.3) is 0 Å². The molecule has 0 fully saturated rings. The average Bonchev–Trinajstić information content (AvgIpc) is 2.71. The van der Waals surface area contributed by atoms with E-state index in [1.165, 1.54) is 35.8 Å². The van der Waals surface area contributed by atoms with Crippen molar-refractivity contribution in [1.29, 1.82) is 0 Å². The third-order valence-electron chi connectivity index (χ3n) is 3.09. The Kier molecular flexibility index (Phi) is 4.11. The summed E-state index contributed by atoms with van der Waals surface area (Å²) < 4.78 is 19.5. The third-order valence-corrected chi connectivity index (χ3v) is 3.09. The van der Waals surface area contributed by atoms with E-state index in [0.717, 1.165) is 11.8 Å². The Morgan fingerprint density at radius 1 is 1.23 bits per heavy atom. The molecule has 2 rings (SSSR count). The monoisotopic (exact) mass is 307 g/mol. The fraction of sp³-hybridized carbons (Fsp3) is 0.214. The second-order valence-corrected chi connectivity index (χ2v) is 4.52. The number of aromatic nitrogens is 2. The normalized spacial score (nSPS) is 10.4. The van der Waals surface area contributed by atoms with Gasteiger partial charge in [0.15, 0.2) is 5.78 Å². The van der Waals surface area contributed by atoms with Crippen molar-refractivity contribution in [3.8, 4) is 5.69 Å². The van der Waals surface area contributed by atoms with E-state index in [1.54, 1.807) is 6.92 Å². The molecule has 116 valence electrons. The van der Waals surface area contributed by atoms with Crippen LogP contribution < -0.4 is 11.1 Å². The Bertz CT molecular complexity index is 790. The van der Waals surface area contributed by atoms with Crippen LogP contribution >= 0.6 is 0 Å². The molecule has 0 unspecified atom stereocenters. The van der Waals surface area contributed by atoms with Gasteiger partial charge in [0.2, 0.25) is 0 Å². The maximum absolute atomic E-state index is 13.0. The smallest absolute Gasteiger partial charge is 0.426 e. The molecule has 0 aliphatic heterocycles. The summed E-state index contributed by atoms with van der Waals surface area (Å²) in [6, 6.07) is 5.19. The van der Waals surface area contributed by atoms with E-state index in [4.69, 9.17) is 0 Å². The number of amides is 1. The summed E-state index contributed by atoms with van der Waals surface area (Å²) >= 11 is 0. The lowest BCUT2D eigenvalue weighted by atomic mass is 10.2. The van der Waals surface area contributed by atoms with E-state index in [0.29, 0.717) is 11.4 Å². The standard InChI is InChI=1S/C14H14FN3O4/c1-8-12(9(2)19)18(16-13(20)22-3)14(21)17(8)11-6-4-10(15)5-7-11/h4-7H,1-3H3,(H,16,20). The van der Waals surface area contributed by atoms with Crippen LogP contribution in [0.15, 0.2) is 29.1 Å². The number of nitrogens with one attached hydrogen (secondary N) is 1. The number of nitrogens with zero attached hydrogens (tertiary/aromatic N) is 2. The van der Waals surface area contributed by atoms with E-state index in [2.05, 4.69) is 10.2 Å². The number of imidazole rings is 1. The van der Waals surface area contributed by atoms with Gasteiger partial charge in [-0.1, -0.05) is 0 Å². The molecule has 0 spiro atoms. The van der Waals surface area contributed by atoms with Gasteiger partial charge in [-0.3, -0.25) is 9.36 Å². The molecule has 8 heteroatoms.